The van der Waals surface area contributed by atoms with Crippen LogP contribution in [0, 0.1) is 0 Å². The Morgan fingerprint density at radius 3 is 2.05 bits per heavy atom. The second-order valence-corrected chi connectivity index (χ2v) is 5.17. The number of anilines is 2. The Kier molecular flexibility index (Phi) is 8.19. The number of hydrogen-bond donors (Lipinski definition) is 4. The number of thioether (sulfide) groups is 1. The number of nitrogens with one attached hydrogen (secondary N) is 2. The van der Waals surface area contributed by atoms with Crippen molar-refractivity contribution in [1.29, 1.82) is 0 Å². The molecule has 1 rings (SSSR count). The number of rotatable bonds is 10. The smallest absolute Gasteiger partial charge is 0.252 e. The van der Waals surface area contributed by atoms with E-state index >= 15 is 0 Å². The van der Waals surface area contributed by atoms with Crippen LogP contribution in [0.25, 0.3) is 0 Å². The zero-order valence-electron chi connectivity index (χ0n) is 11.1. The minimum absolute atomic E-state index is 0.0111. The van der Waals surface area contributed by atoms with Gasteiger partial charge in [-0.1, -0.05) is 50.8 Å². The van der Waals surface area contributed by atoms with Gasteiger partial charge in [0, 0.05) is 5.75 Å². The van der Waals surface area contributed by atoms with Crippen LogP contribution in [0.5, 0.6) is 0 Å². The zero-order chi connectivity index (χ0) is 13.9. The summed E-state index contributed by atoms with van der Waals surface area (Å²) in [6, 6.07) is 0. The first kappa shape index (κ1) is 15.9. The van der Waals surface area contributed by atoms with Crippen LogP contribution in [0.15, 0.2) is 5.16 Å². The highest BCUT2D eigenvalue weighted by Crippen LogP contribution is 2.18. The summed E-state index contributed by atoms with van der Waals surface area (Å²) in [5, 5.41) is 18.0. The third-order valence-electron chi connectivity index (χ3n) is 2.54. The molecule has 0 atom stereocenters. The van der Waals surface area contributed by atoms with Crippen molar-refractivity contribution in [2.24, 2.45) is 0 Å². The molecule has 19 heavy (non-hydrogen) atoms. The molecular formula is C11H21N5O2S. The van der Waals surface area contributed by atoms with Crippen LogP contribution in [-0.4, -0.2) is 31.1 Å². The van der Waals surface area contributed by atoms with E-state index in [1.807, 2.05) is 11.0 Å². The summed E-state index contributed by atoms with van der Waals surface area (Å²) in [5.41, 5.74) is 3.68. The van der Waals surface area contributed by atoms with Gasteiger partial charge in [-0.25, -0.2) is 11.0 Å². The predicted molar refractivity (Wildman–Crippen MR) is 74.7 cm³/mol. The van der Waals surface area contributed by atoms with Gasteiger partial charge in [-0.05, 0) is 6.42 Å². The molecule has 7 nitrogen and oxygen atoms in total. The molecule has 0 aliphatic carbocycles. The van der Waals surface area contributed by atoms with Crippen LogP contribution < -0.4 is 11.0 Å². The van der Waals surface area contributed by atoms with Gasteiger partial charge >= 0.3 is 0 Å². The second-order valence-electron chi connectivity index (χ2n) is 4.11. The SMILES string of the molecule is CCCCCCCCSc1nc(NO)nc(NO)n1. The van der Waals surface area contributed by atoms with Crippen LogP contribution in [0.4, 0.5) is 11.9 Å². The van der Waals surface area contributed by atoms with Gasteiger partial charge in [-0.3, -0.25) is 10.4 Å². The average molecular weight is 287 g/mol. The molecular weight excluding hydrogens is 266 g/mol. The van der Waals surface area contributed by atoms with Crippen molar-refractivity contribution < 1.29 is 10.4 Å². The lowest BCUT2D eigenvalue weighted by Crippen LogP contribution is -2.05. The Labute approximate surface area is 117 Å². The van der Waals surface area contributed by atoms with Crippen molar-refractivity contribution in [2.45, 2.75) is 50.6 Å². The highest BCUT2D eigenvalue weighted by atomic mass is 32.2. The van der Waals surface area contributed by atoms with E-state index in [2.05, 4.69) is 21.9 Å². The summed E-state index contributed by atoms with van der Waals surface area (Å²) in [7, 11) is 0. The molecule has 1 heterocycles. The molecule has 0 aliphatic heterocycles. The standard InChI is InChI=1S/C11H21N5O2S/c1-2-3-4-5-6-7-8-19-11-13-9(15-17)12-10(14-11)16-18/h17-18H,2-8H2,1H3,(H2,12,13,14,15,16). The maximum atomic E-state index is 8.75. The lowest BCUT2D eigenvalue weighted by Gasteiger charge is -2.04. The maximum absolute atomic E-state index is 8.75. The molecule has 1 aromatic rings. The molecule has 8 heteroatoms. The summed E-state index contributed by atoms with van der Waals surface area (Å²) >= 11 is 1.48. The molecule has 0 aromatic carbocycles. The van der Waals surface area contributed by atoms with Crippen LogP contribution >= 0.6 is 11.8 Å². The van der Waals surface area contributed by atoms with Crippen molar-refractivity contribution >= 4 is 23.7 Å². The van der Waals surface area contributed by atoms with Gasteiger partial charge in [-0.15, -0.1) is 0 Å². The van der Waals surface area contributed by atoms with Crippen molar-refractivity contribution in [1.82, 2.24) is 15.0 Å². The number of nitrogens with zero attached hydrogens (tertiary/aromatic N) is 3. The van der Waals surface area contributed by atoms with Gasteiger partial charge in [0.25, 0.3) is 11.9 Å². The lowest BCUT2D eigenvalue weighted by molar-refractivity contribution is 0.373. The molecule has 0 unspecified atom stereocenters. The maximum Gasteiger partial charge on any atom is 0.252 e. The second kappa shape index (κ2) is 9.76. The van der Waals surface area contributed by atoms with Crippen molar-refractivity contribution in [3.05, 3.63) is 0 Å². The van der Waals surface area contributed by atoms with Crippen molar-refractivity contribution in [2.75, 3.05) is 16.7 Å². The molecule has 108 valence electrons. The molecule has 0 saturated carbocycles. The van der Waals surface area contributed by atoms with Crippen LogP contribution in [-0.2, 0) is 0 Å². The first-order valence-electron chi connectivity index (χ1n) is 6.49. The van der Waals surface area contributed by atoms with E-state index in [-0.39, 0.29) is 11.9 Å². The first-order chi connectivity index (χ1) is 9.30. The fourth-order valence-electron chi connectivity index (χ4n) is 1.57. The van der Waals surface area contributed by atoms with E-state index in [4.69, 9.17) is 10.4 Å². The van der Waals surface area contributed by atoms with Crippen molar-refractivity contribution in [3.8, 4) is 0 Å². The zero-order valence-corrected chi connectivity index (χ0v) is 11.9. The van der Waals surface area contributed by atoms with Gasteiger partial charge in [0.1, 0.15) is 0 Å². The molecule has 0 saturated heterocycles. The quantitative estimate of drug-likeness (QED) is 0.296. The number of aromatic nitrogens is 3. The summed E-state index contributed by atoms with van der Waals surface area (Å²) in [5.74, 6) is 0.931. The van der Waals surface area contributed by atoms with E-state index in [0.717, 1.165) is 12.2 Å². The molecule has 0 amide bonds. The van der Waals surface area contributed by atoms with Crippen LogP contribution in [0.3, 0.4) is 0 Å². The lowest BCUT2D eigenvalue weighted by atomic mass is 10.1. The third-order valence-corrected chi connectivity index (χ3v) is 3.48. The van der Waals surface area contributed by atoms with Crippen LogP contribution in [0.1, 0.15) is 45.4 Å². The molecule has 0 spiro atoms. The Morgan fingerprint density at radius 1 is 0.895 bits per heavy atom. The molecule has 0 bridgehead atoms. The molecule has 0 radical (unpaired) electrons. The minimum Gasteiger partial charge on any atom is -0.288 e. The van der Waals surface area contributed by atoms with Gasteiger partial charge < -0.3 is 0 Å². The molecule has 4 N–H and O–H groups in total. The Hall–Kier alpha value is -1.12. The molecule has 0 fully saturated rings. The van der Waals surface area contributed by atoms with Gasteiger partial charge in [0.15, 0.2) is 5.16 Å². The van der Waals surface area contributed by atoms with Gasteiger partial charge in [0.2, 0.25) is 0 Å². The predicted octanol–water partition coefficient (Wildman–Crippen LogP) is 2.93. The van der Waals surface area contributed by atoms with Crippen molar-refractivity contribution in [3.63, 3.8) is 0 Å². The monoisotopic (exact) mass is 287 g/mol. The average Bonchev–Trinajstić information content (AvgIpc) is 2.45. The fourth-order valence-corrected chi connectivity index (χ4v) is 2.40. The van der Waals surface area contributed by atoms with Gasteiger partial charge in [0.05, 0.1) is 0 Å². The Balaban J connectivity index is 2.28. The Morgan fingerprint density at radius 2 is 1.47 bits per heavy atom. The summed E-state index contributed by atoms with van der Waals surface area (Å²) in [6.45, 7) is 2.20. The third kappa shape index (κ3) is 6.55. The normalized spacial score (nSPS) is 10.5. The van der Waals surface area contributed by atoms with E-state index in [9.17, 15) is 0 Å². The van der Waals surface area contributed by atoms with Crippen LogP contribution in [0.2, 0.25) is 0 Å². The summed E-state index contributed by atoms with van der Waals surface area (Å²) < 4.78 is 0. The summed E-state index contributed by atoms with van der Waals surface area (Å²) in [4.78, 5) is 11.6. The van der Waals surface area contributed by atoms with E-state index in [1.165, 1.54) is 43.9 Å². The minimum atomic E-state index is 0.0111. The Bertz CT molecular complexity index is 345. The highest BCUT2D eigenvalue weighted by Gasteiger charge is 2.05. The van der Waals surface area contributed by atoms with E-state index < -0.39 is 0 Å². The van der Waals surface area contributed by atoms with E-state index in [0.29, 0.717) is 5.16 Å². The fraction of sp³-hybridized carbons (Fsp3) is 0.727. The number of unbranched alkanes of at least 4 members (excludes halogenated alkanes) is 5. The largest absolute Gasteiger partial charge is 0.288 e. The van der Waals surface area contributed by atoms with Gasteiger partial charge in [-0.2, -0.15) is 15.0 Å². The topological polar surface area (TPSA) is 103 Å². The molecule has 1 aromatic heterocycles. The molecule has 0 aliphatic rings. The highest BCUT2D eigenvalue weighted by molar-refractivity contribution is 7.99. The first-order valence-corrected chi connectivity index (χ1v) is 7.47. The van der Waals surface area contributed by atoms with E-state index in [1.54, 1.807) is 0 Å². The summed E-state index contributed by atoms with van der Waals surface area (Å²) in [6.07, 6.45) is 7.42. The number of hydrogen-bond acceptors (Lipinski definition) is 8.